The summed E-state index contributed by atoms with van der Waals surface area (Å²) in [5.41, 5.74) is 3.83. The molecular weight excluding hydrogens is 244 g/mol. The summed E-state index contributed by atoms with van der Waals surface area (Å²) in [5.74, 6) is 6.44. The third kappa shape index (κ3) is 4.49. The van der Waals surface area contributed by atoms with E-state index in [1.54, 1.807) is 13.3 Å². The Kier molecular flexibility index (Phi) is 7.47. The van der Waals surface area contributed by atoms with Crippen molar-refractivity contribution in [3.63, 3.8) is 0 Å². The van der Waals surface area contributed by atoms with Crippen LogP contribution in [0.4, 0.5) is 0 Å². The van der Waals surface area contributed by atoms with Crippen LogP contribution >= 0.6 is 0 Å². The smallest absolute Gasteiger partial charge is 0.161 e. The highest BCUT2D eigenvalue weighted by molar-refractivity contribution is 5.28. The van der Waals surface area contributed by atoms with Crippen LogP contribution in [0.1, 0.15) is 44.8 Å². The van der Waals surface area contributed by atoms with Gasteiger partial charge in [-0.2, -0.15) is 5.10 Å². The van der Waals surface area contributed by atoms with E-state index in [4.69, 9.17) is 15.3 Å². The first kappa shape index (κ1) is 15.9. The van der Waals surface area contributed by atoms with Crippen molar-refractivity contribution in [3.05, 3.63) is 11.9 Å². The molecule has 1 unspecified atom stereocenters. The van der Waals surface area contributed by atoms with E-state index in [-0.39, 0.29) is 6.04 Å². The number of nitrogens with zero attached hydrogens (tertiary/aromatic N) is 2. The van der Waals surface area contributed by atoms with E-state index < -0.39 is 0 Å². The highest BCUT2D eigenvalue weighted by Gasteiger charge is 2.20. The van der Waals surface area contributed by atoms with Crippen molar-refractivity contribution in [1.29, 1.82) is 0 Å². The molecule has 3 N–H and O–H groups in total. The Morgan fingerprint density at radius 1 is 1.37 bits per heavy atom. The zero-order valence-corrected chi connectivity index (χ0v) is 12.2. The van der Waals surface area contributed by atoms with E-state index in [1.165, 1.54) is 0 Å². The molecule has 1 atom stereocenters. The monoisotopic (exact) mass is 270 g/mol. The summed E-state index contributed by atoms with van der Waals surface area (Å²) in [6.45, 7) is 6.52. The topological polar surface area (TPSA) is 74.3 Å². The first-order valence-corrected chi connectivity index (χ1v) is 6.91. The molecule has 0 aliphatic heterocycles. The second-order valence-electron chi connectivity index (χ2n) is 4.44. The van der Waals surface area contributed by atoms with Gasteiger partial charge in [0.15, 0.2) is 5.75 Å². The summed E-state index contributed by atoms with van der Waals surface area (Å²) in [6.07, 6.45) is 4.57. The molecule has 0 fully saturated rings. The van der Waals surface area contributed by atoms with Gasteiger partial charge in [0, 0.05) is 19.8 Å². The number of rotatable bonds is 10. The van der Waals surface area contributed by atoms with E-state index in [0.29, 0.717) is 6.61 Å². The molecule has 0 saturated heterocycles. The Morgan fingerprint density at radius 2 is 2.16 bits per heavy atom. The number of nitrogens with two attached hydrogens (primary N) is 1. The van der Waals surface area contributed by atoms with E-state index in [9.17, 15) is 0 Å². The lowest BCUT2D eigenvalue weighted by Gasteiger charge is -2.19. The lowest BCUT2D eigenvalue weighted by Crippen LogP contribution is -2.31. The molecule has 0 aliphatic rings. The molecule has 1 rings (SSSR count). The zero-order valence-electron chi connectivity index (χ0n) is 12.2. The lowest BCUT2D eigenvalue weighted by atomic mass is 10.1. The summed E-state index contributed by atoms with van der Waals surface area (Å²) >= 11 is 0. The molecule has 0 aliphatic carbocycles. The number of hydrogen-bond donors (Lipinski definition) is 2. The molecule has 1 aromatic heterocycles. The molecule has 6 heteroatoms. The van der Waals surface area contributed by atoms with Crippen LogP contribution in [0.5, 0.6) is 5.75 Å². The minimum absolute atomic E-state index is 0.0131. The van der Waals surface area contributed by atoms with E-state index in [0.717, 1.165) is 43.9 Å². The minimum Gasteiger partial charge on any atom is -0.493 e. The Morgan fingerprint density at radius 3 is 2.74 bits per heavy atom. The number of nitrogens with one attached hydrogen (secondary N) is 1. The van der Waals surface area contributed by atoms with Crippen molar-refractivity contribution in [2.24, 2.45) is 5.84 Å². The van der Waals surface area contributed by atoms with Crippen LogP contribution in [-0.2, 0) is 11.3 Å². The average Bonchev–Trinajstić information content (AvgIpc) is 2.82. The predicted octanol–water partition coefficient (Wildman–Crippen LogP) is 1.62. The van der Waals surface area contributed by atoms with Gasteiger partial charge in [0.2, 0.25) is 0 Å². The second kappa shape index (κ2) is 8.90. The van der Waals surface area contributed by atoms with Gasteiger partial charge in [-0.1, -0.05) is 13.8 Å². The molecule has 110 valence electrons. The fraction of sp³-hybridized carbons (Fsp3) is 0.769. The highest BCUT2D eigenvalue weighted by atomic mass is 16.5. The van der Waals surface area contributed by atoms with Gasteiger partial charge in [-0.3, -0.25) is 16.0 Å². The largest absolute Gasteiger partial charge is 0.493 e. The maximum atomic E-state index is 5.67. The number of hydrazine groups is 1. The quantitative estimate of drug-likeness (QED) is 0.384. The maximum absolute atomic E-state index is 5.67. The first-order chi connectivity index (χ1) is 9.28. The lowest BCUT2D eigenvalue weighted by molar-refractivity contribution is 0.123. The number of methoxy groups -OCH3 is 1. The average molecular weight is 270 g/mol. The summed E-state index contributed by atoms with van der Waals surface area (Å²) in [7, 11) is 1.65. The van der Waals surface area contributed by atoms with Crippen molar-refractivity contribution in [2.75, 3.05) is 20.3 Å². The SMILES string of the molecule is CCCOCCC(NN)c1c(OC)cnn1CCC. The molecule has 6 nitrogen and oxygen atoms in total. The Balaban J connectivity index is 2.74. The molecule has 19 heavy (non-hydrogen) atoms. The van der Waals surface area contributed by atoms with Crippen molar-refractivity contribution >= 4 is 0 Å². The van der Waals surface area contributed by atoms with E-state index in [1.807, 2.05) is 4.68 Å². The molecule has 0 radical (unpaired) electrons. The van der Waals surface area contributed by atoms with Gasteiger partial charge in [-0.05, 0) is 19.3 Å². The fourth-order valence-corrected chi connectivity index (χ4v) is 2.02. The van der Waals surface area contributed by atoms with Gasteiger partial charge < -0.3 is 9.47 Å². The van der Waals surface area contributed by atoms with Gasteiger partial charge in [0.25, 0.3) is 0 Å². The summed E-state index contributed by atoms with van der Waals surface area (Å²) in [5, 5.41) is 4.35. The number of aryl methyl sites for hydroxylation is 1. The summed E-state index contributed by atoms with van der Waals surface area (Å²) in [4.78, 5) is 0. The van der Waals surface area contributed by atoms with Gasteiger partial charge in [-0.15, -0.1) is 0 Å². The molecule has 1 heterocycles. The molecule has 0 aromatic carbocycles. The van der Waals surface area contributed by atoms with Crippen LogP contribution in [-0.4, -0.2) is 30.1 Å². The molecule has 0 spiro atoms. The highest BCUT2D eigenvalue weighted by Crippen LogP contribution is 2.26. The summed E-state index contributed by atoms with van der Waals surface area (Å²) < 4.78 is 12.8. The van der Waals surface area contributed by atoms with E-state index in [2.05, 4.69) is 24.4 Å². The minimum atomic E-state index is -0.0131. The molecule has 0 saturated carbocycles. The second-order valence-corrected chi connectivity index (χ2v) is 4.44. The van der Waals surface area contributed by atoms with Crippen molar-refractivity contribution in [1.82, 2.24) is 15.2 Å². The van der Waals surface area contributed by atoms with Gasteiger partial charge in [0.1, 0.15) is 0 Å². The number of ether oxygens (including phenoxy) is 2. The Bertz CT molecular complexity index is 354. The normalized spacial score (nSPS) is 12.6. The summed E-state index contributed by atoms with van der Waals surface area (Å²) in [6, 6.07) is -0.0131. The number of aromatic nitrogens is 2. The van der Waals surface area contributed by atoms with Crippen molar-refractivity contribution in [3.8, 4) is 5.75 Å². The third-order valence-electron chi connectivity index (χ3n) is 2.93. The predicted molar refractivity (Wildman–Crippen MR) is 74.9 cm³/mol. The van der Waals surface area contributed by atoms with Crippen molar-refractivity contribution in [2.45, 2.75) is 45.7 Å². The van der Waals surface area contributed by atoms with Gasteiger partial charge >= 0.3 is 0 Å². The maximum Gasteiger partial charge on any atom is 0.161 e. The van der Waals surface area contributed by atoms with Crippen LogP contribution < -0.4 is 16.0 Å². The van der Waals surface area contributed by atoms with Crippen LogP contribution in [0.25, 0.3) is 0 Å². The fourth-order valence-electron chi connectivity index (χ4n) is 2.02. The standard InChI is InChI=1S/C13H26N4O2/c1-4-7-17-13(12(18-3)10-15-17)11(16-14)6-9-19-8-5-2/h10-11,16H,4-9,14H2,1-3H3. The van der Waals surface area contributed by atoms with Crippen LogP contribution in [0.2, 0.25) is 0 Å². The molecular formula is C13H26N4O2. The first-order valence-electron chi connectivity index (χ1n) is 6.91. The molecule has 0 amide bonds. The van der Waals surface area contributed by atoms with Crippen LogP contribution in [0.15, 0.2) is 6.20 Å². The molecule has 1 aromatic rings. The van der Waals surface area contributed by atoms with E-state index >= 15 is 0 Å². The Labute approximate surface area is 115 Å². The Hall–Kier alpha value is -1.11. The van der Waals surface area contributed by atoms with Crippen LogP contribution in [0, 0.1) is 0 Å². The number of hydrogen-bond acceptors (Lipinski definition) is 5. The van der Waals surface area contributed by atoms with Crippen LogP contribution in [0.3, 0.4) is 0 Å². The zero-order chi connectivity index (χ0) is 14.1. The third-order valence-corrected chi connectivity index (χ3v) is 2.93. The van der Waals surface area contributed by atoms with Gasteiger partial charge in [-0.25, -0.2) is 0 Å². The van der Waals surface area contributed by atoms with Crippen molar-refractivity contribution < 1.29 is 9.47 Å². The molecule has 0 bridgehead atoms. The van der Waals surface area contributed by atoms with Gasteiger partial charge in [0.05, 0.1) is 25.0 Å².